The number of carbonyl (C=O) groups is 1. The van der Waals surface area contributed by atoms with Gasteiger partial charge in [-0.2, -0.15) is 0 Å². The normalized spacial score (nSPS) is 40.7. The molecular weight excluding hydrogens is 116 g/mol. The number of fused-ring (bicyclic) bond motifs is 1. The van der Waals surface area contributed by atoms with E-state index in [9.17, 15) is 4.79 Å². The summed E-state index contributed by atoms with van der Waals surface area (Å²) in [4.78, 5) is 10.9. The van der Waals surface area contributed by atoms with Gasteiger partial charge in [-0.1, -0.05) is 0 Å². The topological polar surface area (TPSA) is 41.1 Å². The zero-order valence-electron chi connectivity index (χ0n) is 5.18. The predicted octanol–water partition coefficient (Wildman–Crippen LogP) is -1.05. The van der Waals surface area contributed by atoms with E-state index in [0.717, 1.165) is 19.6 Å². The molecule has 0 saturated carbocycles. The molecule has 2 N–H and O–H groups in total. The van der Waals surface area contributed by atoms with E-state index in [1.54, 1.807) is 0 Å². The quantitative estimate of drug-likeness (QED) is 0.435. The standard InChI is InChI=1S/C6H10N2O/c9-6-5-3-7-1-4(5)2-8-6/h4-5,7H,1-3H2,(H,8,9)/t4-,5+/m1/s1. The van der Waals surface area contributed by atoms with Crippen molar-refractivity contribution in [1.29, 1.82) is 0 Å². The Bertz CT molecular complexity index is 146. The molecule has 0 spiro atoms. The number of hydrogen-bond donors (Lipinski definition) is 2. The van der Waals surface area contributed by atoms with E-state index < -0.39 is 0 Å². The van der Waals surface area contributed by atoms with Crippen LogP contribution in [0.1, 0.15) is 0 Å². The maximum atomic E-state index is 10.9. The van der Waals surface area contributed by atoms with Crippen LogP contribution in [0.3, 0.4) is 0 Å². The van der Waals surface area contributed by atoms with Crippen LogP contribution in [0, 0.1) is 11.8 Å². The van der Waals surface area contributed by atoms with Crippen molar-refractivity contribution < 1.29 is 4.79 Å². The van der Waals surface area contributed by atoms with E-state index in [4.69, 9.17) is 0 Å². The van der Waals surface area contributed by atoms with Crippen LogP contribution < -0.4 is 10.6 Å². The minimum absolute atomic E-state index is 0.241. The van der Waals surface area contributed by atoms with Crippen molar-refractivity contribution in [1.82, 2.24) is 10.6 Å². The van der Waals surface area contributed by atoms with E-state index in [-0.39, 0.29) is 11.8 Å². The fourth-order valence-electron chi connectivity index (χ4n) is 1.62. The van der Waals surface area contributed by atoms with Gasteiger partial charge < -0.3 is 10.6 Å². The summed E-state index contributed by atoms with van der Waals surface area (Å²) in [5.41, 5.74) is 0. The Hall–Kier alpha value is -0.570. The minimum atomic E-state index is 0.241. The number of carbonyl (C=O) groups excluding carboxylic acids is 1. The highest BCUT2D eigenvalue weighted by Gasteiger charge is 2.37. The van der Waals surface area contributed by atoms with Gasteiger partial charge >= 0.3 is 0 Å². The lowest BCUT2D eigenvalue weighted by molar-refractivity contribution is -0.122. The first-order valence-electron chi connectivity index (χ1n) is 3.36. The first-order valence-corrected chi connectivity index (χ1v) is 3.36. The maximum absolute atomic E-state index is 10.9. The van der Waals surface area contributed by atoms with Gasteiger partial charge in [-0.05, 0) is 0 Å². The zero-order valence-corrected chi connectivity index (χ0v) is 5.18. The number of hydrogen-bond acceptors (Lipinski definition) is 2. The molecule has 2 atom stereocenters. The second-order valence-electron chi connectivity index (χ2n) is 2.77. The second-order valence-corrected chi connectivity index (χ2v) is 2.77. The molecule has 2 saturated heterocycles. The van der Waals surface area contributed by atoms with Crippen molar-refractivity contribution in [3.05, 3.63) is 0 Å². The average molecular weight is 126 g/mol. The largest absolute Gasteiger partial charge is 0.355 e. The first-order chi connectivity index (χ1) is 4.38. The smallest absolute Gasteiger partial charge is 0.224 e. The molecule has 50 valence electrons. The van der Waals surface area contributed by atoms with Gasteiger partial charge in [0.15, 0.2) is 0 Å². The summed E-state index contributed by atoms with van der Waals surface area (Å²) >= 11 is 0. The Balaban J connectivity index is 2.15. The molecule has 0 aromatic heterocycles. The zero-order chi connectivity index (χ0) is 6.27. The Labute approximate surface area is 53.8 Å². The van der Waals surface area contributed by atoms with Crippen molar-refractivity contribution >= 4 is 5.91 Å². The molecule has 0 aromatic rings. The van der Waals surface area contributed by atoms with Crippen LogP contribution in [-0.2, 0) is 4.79 Å². The van der Waals surface area contributed by atoms with E-state index in [1.807, 2.05) is 0 Å². The molecule has 2 rings (SSSR count). The summed E-state index contributed by atoms with van der Waals surface area (Å²) in [5.74, 6) is 1.10. The van der Waals surface area contributed by atoms with Crippen molar-refractivity contribution in [2.75, 3.05) is 19.6 Å². The van der Waals surface area contributed by atoms with E-state index in [0.29, 0.717) is 5.92 Å². The maximum Gasteiger partial charge on any atom is 0.224 e. The van der Waals surface area contributed by atoms with Crippen LogP contribution in [-0.4, -0.2) is 25.5 Å². The number of rotatable bonds is 0. The van der Waals surface area contributed by atoms with Gasteiger partial charge in [-0.25, -0.2) is 0 Å². The molecule has 0 unspecified atom stereocenters. The minimum Gasteiger partial charge on any atom is -0.355 e. The molecule has 0 radical (unpaired) electrons. The Kier molecular flexibility index (Phi) is 0.990. The van der Waals surface area contributed by atoms with Gasteiger partial charge in [0.25, 0.3) is 0 Å². The third-order valence-corrected chi connectivity index (χ3v) is 2.22. The SMILES string of the molecule is O=C1NC[C@H]2CNC[C@H]12. The lowest BCUT2D eigenvalue weighted by Crippen LogP contribution is -2.24. The van der Waals surface area contributed by atoms with Gasteiger partial charge in [-0.15, -0.1) is 0 Å². The second kappa shape index (κ2) is 1.70. The summed E-state index contributed by atoms with van der Waals surface area (Å²) in [6.45, 7) is 2.79. The Morgan fingerprint density at radius 3 is 3.00 bits per heavy atom. The van der Waals surface area contributed by atoms with Crippen LogP contribution in [0.25, 0.3) is 0 Å². The first kappa shape index (κ1) is 5.23. The Morgan fingerprint density at radius 1 is 1.33 bits per heavy atom. The van der Waals surface area contributed by atoms with Crippen LogP contribution >= 0.6 is 0 Å². The monoisotopic (exact) mass is 126 g/mol. The highest BCUT2D eigenvalue weighted by molar-refractivity contribution is 5.81. The predicted molar refractivity (Wildman–Crippen MR) is 32.9 cm³/mol. The van der Waals surface area contributed by atoms with E-state index in [1.165, 1.54) is 0 Å². The fraction of sp³-hybridized carbons (Fsp3) is 0.833. The molecule has 2 fully saturated rings. The molecule has 1 amide bonds. The average Bonchev–Trinajstić information content (AvgIpc) is 2.35. The molecule has 3 nitrogen and oxygen atoms in total. The van der Waals surface area contributed by atoms with Crippen molar-refractivity contribution in [3.63, 3.8) is 0 Å². The lowest BCUT2D eigenvalue weighted by atomic mass is 10.0. The fourth-order valence-corrected chi connectivity index (χ4v) is 1.62. The highest BCUT2D eigenvalue weighted by atomic mass is 16.2. The van der Waals surface area contributed by atoms with Crippen LogP contribution in [0.5, 0.6) is 0 Å². The summed E-state index contributed by atoms with van der Waals surface area (Å²) < 4.78 is 0. The summed E-state index contributed by atoms with van der Waals surface area (Å²) in [5, 5.41) is 6.04. The van der Waals surface area contributed by atoms with E-state index in [2.05, 4.69) is 10.6 Å². The molecule has 9 heavy (non-hydrogen) atoms. The van der Waals surface area contributed by atoms with Crippen LogP contribution in [0.15, 0.2) is 0 Å². The molecule has 0 aromatic carbocycles. The van der Waals surface area contributed by atoms with Gasteiger partial charge in [0.2, 0.25) is 5.91 Å². The Morgan fingerprint density at radius 2 is 2.22 bits per heavy atom. The summed E-state index contributed by atoms with van der Waals surface area (Å²) in [7, 11) is 0. The van der Waals surface area contributed by atoms with Gasteiger partial charge in [0.1, 0.15) is 0 Å². The van der Waals surface area contributed by atoms with Gasteiger partial charge in [0, 0.05) is 25.6 Å². The van der Waals surface area contributed by atoms with Crippen LogP contribution in [0.2, 0.25) is 0 Å². The van der Waals surface area contributed by atoms with Crippen molar-refractivity contribution in [2.24, 2.45) is 11.8 Å². The molecule has 2 aliphatic heterocycles. The van der Waals surface area contributed by atoms with E-state index >= 15 is 0 Å². The third-order valence-electron chi connectivity index (χ3n) is 2.22. The molecule has 0 bridgehead atoms. The van der Waals surface area contributed by atoms with Crippen molar-refractivity contribution in [2.45, 2.75) is 0 Å². The third kappa shape index (κ3) is 0.645. The van der Waals surface area contributed by atoms with Crippen molar-refractivity contribution in [3.8, 4) is 0 Å². The molecule has 0 aliphatic carbocycles. The molecular formula is C6H10N2O. The van der Waals surface area contributed by atoms with Gasteiger partial charge in [0.05, 0.1) is 5.92 Å². The summed E-state index contributed by atoms with van der Waals surface area (Å²) in [6, 6.07) is 0. The molecule has 2 aliphatic rings. The van der Waals surface area contributed by atoms with Crippen LogP contribution in [0.4, 0.5) is 0 Å². The summed E-state index contributed by atoms with van der Waals surface area (Å²) in [6.07, 6.45) is 0. The highest BCUT2D eigenvalue weighted by Crippen LogP contribution is 2.20. The van der Waals surface area contributed by atoms with Gasteiger partial charge in [-0.3, -0.25) is 4.79 Å². The number of nitrogens with one attached hydrogen (secondary N) is 2. The lowest BCUT2D eigenvalue weighted by Gasteiger charge is -1.98. The number of amides is 1. The molecule has 3 heteroatoms. The molecule has 2 heterocycles.